The smallest absolute Gasteiger partial charge is 0.264 e. The molecule has 1 amide bonds. The Morgan fingerprint density at radius 1 is 1.06 bits per heavy atom. The number of amides is 1. The number of piperazine rings is 1. The number of carbonyl (C=O) groups is 1. The van der Waals surface area contributed by atoms with Gasteiger partial charge < -0.3 is 9.64 Å². The Bertz CT molecular complexity index is 1110. The number of carbonyl (C=O) groups excluding carboxylic acids is 1. The first-order valence-corrected chi connectivity index (χ1v) is 11.5. The highest BCUT2D eigenvalue weighted by molar-refractivity contribution is 7.12. The summed E-state index contributed by atoms with van der Waals surface area (Å²) in [5, 5.41) is 1.96. The van der Waals surface area contributed by atoms with Gasteiger partial charge in [-0.2, -0.15) is 0 Å². The van der Waals surface area contributed by atoms with Crippen LogP contribution in [-0.2, 0) is 13.2 Å². The lowest BCUT2D eigenvalue weighted by Gasteiger charge is -2.34. The number of ether oxygens (including phenoxy) is 1. The largest absolute Gasteiger partial charge is 0.489 e. The van der Waals surface area contributed by atoms with Crippen molar-refractivity contribution in [3.63, 3.8) is 0 Å². The van der Waals surface area contributed by atoms with E-state index in [1.807, 2.05) is 40.3 Å². The molecular weight excluding hydrogens is 430 g/mol. The van der Waals surface area contributed by atoms with Gasteiger partial charge in [-0.1, -0.05) is 24.3 Å². The van der Waals surface area contributed by atoms with Crippen LogP contribution in [0.5, 0.6) is 5.75 Å². The van der Waals surface area contributed by atoms with Gasteiger partial charge in [0.25, 0.3) is 5.91 Å². The molecule has 0 atom stereocenters. The van der Waals surface area contributed by atoms with Gasteiger partial charge in [0.15, 0.2) is 11.6 Å². The van der Waals surface area contributed by atoms with Crippen LogP contribution in [0, 0.1) is 25.5 Å². The molecule has 1 saturated heterocycles. The molecule has 1 aliphatic rings. The lowest BCUT2D eigenvalue weighted by atomic mass is 10.1. The quantitative estimate of drug-likeness (QED) is 0.512. The van der Waals surface area contributed by atoms with Crippen LogP contribution in [0.3, 0.4) is 0 Å². The van der Waals surface area contributed by atoms with E-state index >= 15 is 0 Å². The van der Waals surface area contributed by atoms with Crippen LogP contribution in [0.4, 0.5) is 8.78 Å². The Labute approximate surface area is 191 Å². The van der Waals surface area contributed by atoms with E-state index < -0.39 is 11.6 Å². The molecule has 3 aromatic rings. The van der Waals surface area contributed by atoms with E-state index in [9.17, 15) is 13.6 Å². The van der Waals surface area contributed by atoms with Gasteiger partial charge in [-0.15, -0.1) is 11.3 Å². The number of rotatable bonds is 6. The molecule has 0 saturated carbocycles. The van der Waals surface area contributed by atoms with Crippen LogP contribution >= 0.6 is 11.3 Å². The Hall–Kier alpha value is -2.77. The van der Waals surface area contributed by atoms with E-state index in [1.54, 1.807) is 6.07 Å². The summed E-state index contributed by atoms with van der Waals surface area (Å²) < 4.78 is 33.3. The van der Waals surface area contributed by atoms with Gasteiger partial charge >= 0.3 is 0 Å². The van der Waals surface area contributed by atoms with Crippen molar-refractivity contribution in [3.05, 3.63) is 86.6 Å². The minimum absolute atomic E-state index is 0.00423. The monoisotopic (exact) mass is 456 g/mol. The second-order valence-electron chi connectivity index (χ2n) is 8.09. The first kappa shape index (κ1) is 22.4. The molecule has 0 spiro atoms. The van der Waals surface area contributed by atoms with Crippen molar-refractivity contribution < 1.29 is 18.3 Å². The van der Waals surface area contributed by atoms with Crippen LogP contribution in [0.1, 0.15) is 31.9 Å². The SMILES string of the molecule is Cc1cccc(OCc2csc(C(=O)N3CCN(Cc4cccc(F)c4F)CC3)c2)c1C. The summed E-state index contributed by atoms with van der Waals surface area (Å²) in [5.41, 5.74) is 3.62. The lowest BCUT2D eigenvalue weighted by Crippen LogP contribution is -2.48. The Morgan fingerprint density at radius 2 is 1.81 bits per heavy atom. The maximum atomic E-state index is 13.9. The van der Waals surface area contributed by atoms with E-state index in [0.29, 0.717) is 49.8 Å². The highest BCUT2D eigenvalue weighted by Crippen LogP contribution is 2.24. The predicted molar refractivity (Wildman–Crippen MR) is 122 cm³/mol. The maximum absolute atomic E-state index is 13.9. The maximum Gasteiger partial charge on any atom is 0.264 e. The average Bonchev–Trinajstić information content (AvgIpc) is 3.27. The van der Waals surface area contributed by atoms with Crippen molar-refractivity contribution in [2.75, 3.05) is 26.2 Å². The topological polar surface area (TPSA) is 32.8 Å². The molecule has 0 N–H and O–H groups in total. The number of hydrogen-bond donors (Lipinski definition) is 0. The number of aryl methyl sites for hydroxylation is 1. The molecule has 168 valence electrons. The highest BCUT2D eigenvalue weighted by atomic mass is 32.1. The third-order valence-corrected chi connectivity index (χ3v) is 6.87. The molecular formula is C25H26F2N2O2S. The molecule has 1 aromatic heterocycles. The number of thiophene rings is 1. The Kier molecular flexibility index (Phi) is 6.86. The van der Waals surface area contributed by atoms with Crippen molar-refractivity contribution >= 4 is 17.2 Å². The van der Waals surface area contributed by atoms with Crippen molar-refractivity contribution in [1.82, 2.24) is 9.80 Å². The van der Waals surface area contributed by atoms with Gasteiger partial charge in [0.05, 0.1) is 4.88 Å². The normalized spacial score (nSPS) is 14.6. The number of hydrogen-bond acceptors (Lipinski definition) is 4. The zero-order chi connectivity index (χ0) is 22.7. The van der Waals surface area contributed by atoms with Gasteiger partial charge in [0.1, 0.15) is 12.4 Å². The van der Waals surface area contributed by atoms with E-state index in [-0.39, 0.29) is 5.91 Å². The van der Waals surface area contributed by atoms with Crippen LogP contribution in [0.25, 0.3) is 0 Å². The summed E-state index contributed by atoms with van der Waals surface area (Å²) in [4.78, 5) is 17.5. The summed E-state index contributed by atoms with van der Waals surface area (Å²) in [6.07, 6.45) is 0. The third kappa shape index (κ3) is 5.00. The minimum Gasteiger partial charge on any atom is -0.489 e. The van der Waals surface area contributed by atoms with Crippen molar-refractivity contribution in [2.24, 2.45) is 0 Å². The van der Waals surface area contributed by atoms with Gasteiger partial charge in [-0.05, 0) is 48.6 Å². The first-order valence-electron chi connectivity index (χ1n) is 10.6. The first-order chi connectivity index (χ1) is 15.4. The second-order valence-corrected chi connectivity index (χ2v) is 9.00. The Balaban J connectivity index is 1.30. The second kappa shape index (κ2) is 9.79. The van der Waals surface area contributed by atoms with Crippen molar-refractivity contribution in [1.29, 1.82) is 0 Å². The molecule has 7 heteroatoms. The van der Waals surface area contributed by atoms with Gasteiger partial charge in [-0.25, -0.2) is 8.78 Å². The van der Waals surface area contributed by atoms with E-state index in [2.05, 4.69) is 13.0 Å². The minimum atomic E-state index is -0.827. The molecule has 4 rings (SSSR count). The highest BCUT2D eigenvalue weighted by Gasteiger charge is 2.24. The third-order valence-electron chi connectivity index (χ3n) is 5.90. The lowest BCUT2D eigenvalue weighted by molar-refractivity contribution is 0.0631. The van der Waals surface area contributed by atoms with Gasteiger partial charge in [-0.3, -0.25) is 9.69 Å². The van der Waals surface area contributed by atoms with E-state index in [4.69, 9.17) is 4.74 Å². The fraction of sp³-hybridized carbons (Fsp3) is 0.320. The summed E-state index contributed by atoms with van der Waals surface area (Å²) in [6.45, 7) is 7.20. The average molecular weight is 457 g/mol. The van der Waals surface area contributed by atoms with Crippen molar-refractivity contribution in [2.45, 2.75) is 27.0 Å². The fourth-order valence-electron chi connectivity index (χ4n) is 3.78. The molecule has 0 bridgehead atoms. The molecule has 0 aliphatic carbocycles. The predicted octanol–water partition coefficient (Wildman–Crippen LogP) is 5.18. The summed E-state index contributed by atoms with van der Waals surface area (Å²) >= 11 is 1.42. The number of benzene rings is 2. The standard InChI is InChI=1S/C25H26F2N2O2S/c1-17-5-3-8-22(18(17)2)31-15-19-13-23(32-16-19)25(30)29-11-9-28(10-12-29)14-20-6-4-7-21(26)24(20)27/h3-8,13,16H,9-12,14-15H2,1-2H3. The number of nitrogens with zero attached hydrogens (tertiary/aromatic N) is 2. The molecule has 4 nitrogen and oxygen atoms in total. The molecule has 1 fully saturated rings. The number of halogens is 2. The van der Waals surface area contributed by atoms with Crippen LogP contribution < -0.4 is 4.74 Å². The molecule has 0 unspecified atom stereocenters. The molecule has 32 heavy (non-hydrogen) atoms. The molecule has 2 aromatic carbocycles. The van der Waals surface area contributed by atoms with E-state index in [0.717, 1.165) is 22.9 Å². The Morgan fingerprint density at radius 3 is 2.59 bits per heavy atom. The van der Waals surface area contributed by atoms with Gasteiger partial charge in [0.2, 0.25) is 0 Å². The van der Waals surface area contributed by atoms with Crippen LogP contribution in [-0.4, -0.2) is 41.9 Å². The summed E-state index contributed by atoms with van der Waals surface area (Å²) in [6, 6.07) is 12.1. The van der Waals surface area contributed by atoms with Crippen LogP contribution in [0.2, 0.25) is 0 Å². The molecule has 2 heterocycles. The summed E-state index contributed by atoms with van der Waals surface area (Å²) in [7, 11) is 0. The zero-order valence-electron chi connectivity index (χ0n) is 18.2. The fourth-order valence-corrected chi connectivity index (χ4v) is 4.65. The summed E-state index contributed by atoms with van der Waals surface area (Å²) in [5.74, 6) is -0.758. The molecule has 0 radical (unpaired) electrons. The van der Waals surface area contributed by atoms with Gasteiger partial charge in [0, 0.05) is 43.9 Å². The van der Waals surface area contributed by atoms with E-state index in [1.165, 1.54) is 23.0 Å². The zero-order valence-corrected chi connectivity index (χ0v) is 19.1. The van der Waals surface area contributed by atoms with Crippen LogP contribution in [0.15, 0.2) is 47.8 Å². The molecule has 1 aliphatic heterocycles. The van der Waals surface area contributed by atoms with Crippen molar-refractivity contribution in [3.8, 4) is 5.75 Å².